The second kappa shape index (κ2) is 5.35. The molecule has 0 radical (unpaired) electrons. The summed E-state index contributed by atoms with van der Waals surface area (Å²) in [5.41, 5.74) is 1.67. The zero-order chi connectivity index (χ0) is 15.0. The van der Waals surface area contributed by atoms with E-state index >= 15 is 0 Å². The van der Waals surface area contributed by atoms with Gasteiger partial charge in [-0.3, -0.25) is 4.72 Å². The normalized spacial score (nSPS) is 14.7. The van der Waals surface area contributed by atoms with Crippen LogP contribution < -0.4 is 4.72 Å². The van der Waals surface area contributed by atoms with Gasteiger partial charge in [-0.2, -0.15) is 0 Å². The summed E-state index contributed by atoms with van der Waals surface area (Å²) in [6.07, 6.45) is 3.91. The Hall–Kier alpha value is -1.52. The van der Waals surface area contributed by atoms with E-state index in [4.69, 9.17) is 5.11 Å². The lowest BCUT2D eigenvalue weighted by Crippen LogP contribution is -2.15. The molecule has 112 valence electrons. The number of thiazole rings is 2. The topological polar surface area (TPSA) is 109 Å². The Labute approximate surface area is 128 Å². The van der Waals surface area contributed by atoms with Crippen molar-refractivity contribution < 1.29 is 18.3 Å². The van der Waals surface area contributed by atoms with E-state index < -0.39 is 21.7 Å². The van der Waals surface area contributed by atoms with Gasteiger partial charge in [0, 0.05) is 4.88 Å². The van der Waals surface area contributed by atoms with Crippen LogP contribution in [0.1, 0.15) is 33.9 Å². The van der Waals surface area contributed by atoms with Crippen molar-refractivity contribution in [3.63, 3.8) is 0 Å². The Kier molecular flexibility index (Phi) is 3.68. The van der Waals surface area contributed by atoms with Gasteiger partial charge < -0.3 is 5.11 Å². The van der Waals surface area contributed by atoms with Gasteiger partial charge in [0.1, 0.15) is 0 Å². The Morgan fingerprint density at radius 2 is 2.10 bits per heavy atom. The fraction of sp³-hybridized carbons (Fsp3) is 0.364. The highest BCUT2D eigenvalue weighted by Gasteiger charge is 2.27. The van der Waals surface area contributed by atoms with Crippen molar-refractivity contribution in [3.8, 4) is 0 Å². The molecule has 2 heterocycles. The summed E-state index contributed by atoms with van der Waals surface area (Å²) in [5, 5.41) is 9.24. The lowest BCUT2D eigenvalue weighted by Gasteiger charge is -2.06. The average molecular weight is 345 g/mol. The Morgan fingerprint density at radius 3 is 2.81 bits per heavy atom. The number of carboxylic acid groups (broad SMARTS) is 1. The smallest absolute Gasteiger partial charge is 0.356 e. The number of nitrogens with zero attached hydrogens (tertiary/aromatic N) is 2. The summed E-state index contributed by atoms with van der Waals surface area (Å²) in [5.74, 6) is -1.37. The minimum absolute atomic E-state index is 0.284. The Bertz CT molecular complexity index is 770. The third kappa shape index (κ3) is 2.78. The molecular formula is C11H11N3O4S3. The van der Waals surface area contributed by atoms with Crippen LogP contribution in [0.25, 0.3) is 0 Å². The van der Waals surface area contributed by atoms with Gasteiger partial charge in [-0.1, -0.05) is 0 Å². The maximum absolute atomic E-state index is 12.3. The molecule has 0 bridgehead atoms. The molecule has 2 N–H and O–H groups in total. The van der Waals surface area contributed by atoms with Crippen LogP contribution >= 0.6 is 22.7 Å². The second-order valence-electron chi connectivity index (χ2n) is 4.50. The van der Waals surface area contributed by atoms with Crippen LogP contribution in [0.5, 0.6) is 0 Å². The molecule has 0 saturated heterocycles. The molecule has 0 spiro atoms. The van der Waals surface area contributed by atoms with E-state index in [0.29, 0.717) is 0 Å². The highest BCUT2D eigenvalue weighted by atomic mass is 32.2. The van der Waals surface area contributed by atoms with Gasteiger partial charge in [0.25, 0.3) is 10.0 Å². The molecule has 0 saturated carbocycles. The van der Waals surface area contributed by atoms with Gasteiger partial charge in [-0.15, -0.1) is 22.7 Å². The van der Waals surface area contributed by atoms with Crippen LogP contribution in [-0.2, 0) is 22.9 Å². The first-order valence-electron chi connectivity index (χ1n) is 6.15. The zero-order valence-electron chi connectivity index (χ0n) is 10.7. The van der Waals surface area contributed by atoms with E-state index in [2.05, 4.69) is 14.7 Å². The minimum Gasteiger partial charge on any atom is -0.476 e. The molecule has 2 aromatic rings. The molecule has 0 aliphatic heterocycles. The van der Waals surface area contributed by atoms with Gasteiger partial charge in [0.2, 0.25) is 0 Å². The van der Waals surface area contributed by atoms with E-state index in [1.807, 2.05) is 0 Å². The fourth-order valence-electron chi connectivity index (χ4n) is 2.13. The predicted octanol–water partition coefficient (Wildman–Crippen LogP) is 1.98. The molecule has 0 unspecified atom stereocenters. The number of hydrogen-bond acceptors (Lipinski definition) is 7. The van der Waals surface area contributed by atoms with E-state index in [1.54, 1.807) is 0 Å². The molecule has 0 fully saturated rings. The van der Waals surface area contributed by atoms with Crippen molar-refractivity contribution >= 4 is 43.8 Å². The molecular weight excluding hydrogens is 334 g/mol. The zero-order valence-corrected chi connectivity index (χ0v) is 13.1. The standard InChI is InChI=1S/C11H11N3O4S3/c15-9(16)8-10(19-5-12-8)21(17,18)14-11-13-6-3-1-2-4-7(6)20-11/h5H,1-4H2,(H,13,14)(H,15,16). The molecule has 7 nitrogen and oxygen atoms in total. The van der Waals surface area contributed by atoms with Gasteiger partial charge in [-0.05, 0) is 25.7 Å². The van der Waals surface area contributed by atoms with Crippen molar-refractivity contribution in [1.29, 1.82) is 0 Å². The number of carboxylic acids is 1. The van der Waals surface area contributed by atoms with Gasteiger partial charge in [0.15, 0.2) is 15.0 Å². The van der Waals surface area contributed by atoms with Gasteiger partial charge >= 0.3 is 5.97 Å². The van der Waals surface area contributed by atoms with Crippen LogP contribution in [0.4, 0.5) is 5.13 Å². The predicted molar refractivity (Wildman–Crippen MR) is 78.6 cm³/mol. The largest absolute Gasteiger partial charge is 0.476 e. The minimum atomic E-state index is -3.97. The highest BCUT2D eigenvalue weighted by molar-refractivity contribution is 7.94. The van der Waals surface area contributed by atoms with Crippen LogP contribution in [0, 0.1) is 0 Å². The molecule has 1 aliphatic carbocycles. The second-order valence-corrected chi connectivity index (χ2v) is 8.31. The summed E-state index contributed by atoms with van der Waals surface area (Å²) in [6.45, 7) is 0. The number of aromatic carboxylic acids is 1. The first-order chi connectivity index (χ1) is 9.97. The number of nitrogens with one attached hydrogen (secondary N) is 1. The Balaban J connectivity index is 1.91. The molecule has 0 amide bonds. The highest BCUT2D eigenvalue weighted by Crippen LogP contribution is 2.31. The van der Waals surface area contributed by atoms with E-state index in [0.717, 1.165) is 47.6 Å². The summed E-state index contributed by atoms with van der Waals surface area (Å²) in [7, 11) is -3.97. The number of fused-ring (bicyclic) bond motifs is 1. The first-order valence-corrected chi connectivity index (χ1v) is 9.33. The number of sulfonamides is 1. The first kappa shape index (κ1) is 14.4. The fourth-order valence-corrected chi connectivity index (χ4v) is 5.55. The average Bonchev–Trinajstić information content (AvgIpc) is 3.04. The van der Waals surface area contributed by atoms with Crippen molar-refractivity contribution in [2.45, 2.75) is 29.9 Å². The number of aryl methyl sites for hydroxylation is 2. The van der Waals surface area contributed by atoms with E-state index in [1.165, 1.54) is 16.8 Å². The third-order valence-electron chi connectivity index (χ3n) is 3.05. The molecule has 2 aromatic heterocycles. The van der Waals surface area contributed by atoms with Crippen molar-refractivity contribution in [3.05, 3.63) is 21.8 Å². The molecule has 3 rings (SSSR count). The van der Waals surface area contributed by atoms with E-state index in [-0.39, 0.29) is 9.34 Å². The molecule has 10 heteroatoms. The summed E-state index contributed by atoms with van der Waals surface area (Å²) in [6, 6.07) is 0. The summed E-state index contributed by atoms with van der Waals surface area (Å²) < 4.78 is 26.6. The van der Waals surface area contributed by atoms with Crippen LogP contribution in [-0.4, -0.2) is 29.5 Å². The quantitative estimate of drug-likeness (QED) is 0.877. The number of rotatable bonds is 4. The van der Waals surface area contributed by atoms with E-state index in [9.17, 15) is 13.2 Å². The number of anilines is 1. The molecule has 1 aliphatic rings. The monoisotopic (exact) mass is 345 g/mol. The van der Waals surface area contributed by atoms with Crippen LogP contribution in [0.3, 0.4) is 0 Å². The van der Waals surface area contributed by atoms with Gasteiger partial charge in [0.05, 0.1) is 11.2 Å². The maximum atomic E-state index is 12.3. The van der Waals surface area contributed by atoms with Crippen LogP contribution in [0.2, 0.25) is 0 Å². The van der Waals surface area contributed by atoms with Crippen LogP contribution in [0.15, 0.2) is 9.72 Å². The number of carbonyl (C=O) groups is 1. The molecule has 21 heavy (non-hydrogen) atoms. The number of aromatic nitrogens is 2. The van der Waals surface area contributed by atoms with Crippen molar-refractivity contribution in [2.24, 2.45) is 0 Å². The maximum Gasteiger partial charge on any atom is 0.356 e. The lowest BCUT2D eigenvalue weighted by atomic mass is 10.0. The van der Waals surface area contributed by atoms with Crippen molar-refractivity contribution in [2.75, 3.05) is 4.72 Å². The molecule has 0 aromatic carbocycles. The number of hydrogen-bond donors (Lipinski definition) is 2. The summed E-state index contributed by atoms with van der Waals surface area (Å²) >= 11 is 2.08. The Morgan fingerprint density at radius 1 is 1.33 bits per heavy atom. The van der Waals surface area contributed by atoms with Gasteiger partial charge in [-0.25, -0.2) is 23.2 Å². The molecule has 0 atom stereocenters. The third-order valence-corrected chi connectivity index (χ3v) is 6.96. The SMILES string of the molecule is O=C(O)c1ncsc1S(=O)(=O)Nc1nc2c(s1)CCCC2. The summed E-state index contributed by atoms with van der Waals surface area (Å²) in [4.78, 5) is 19.9. The van der Waals surface area contributed by atoms with Crippen molar-refractivity contribution in [1.82, 2.24) is 9.97 Å². The lowest BCUT2D eigenvalue weighted by molar-refractivity contribution is 0.0687.